The van der Waals surface area contributed by atoms with Gasteiger partial charge in [-0.2, -0.15) is 0 Å². The standard InChI is InChI=1S/C12H16BrClN2O/c1-2-8(7-15)5-12(17)16-11-6-9(13)3-4-10(11)14/h3-4,6,8H,2,5,7,15H2,1H3,(H,16,17). The van der Waals surface area contributed by atoms with Gasteiger partial charge in [0.25, 0.3) is 0 Å². The smallest absolute Gasteiger partial charge is 0.224 e. The van der Waals surface area contributed by atoms with Gasteiger partial charge in [-0.3, -0.25) is 4.79 Å². The van der Waals surface area contributed by atoms with Gasteiger partial charge >= 0.3 is 0 Å². The van der Waals surface area contributed by atoms with Crippen LogP contribution in [0.3, 0.4) is 0 Å². The average Bonchev–Trinajstić information content (AvgIpc) is 2.31. The molecule has 17 heavy (non-hydrogen) atoms. The van der Waals surface area contributed by atoms with E-state index in [4.69, 9.17) is 17.3 Å². The minimum Gasteiger partial charge on any atom is -0.330 e. The van der Waals surface area contributed by atoms with Gasteiger partial charge in [0.05, 0.1) is 10.7 Å². The highest BCUT2D eigenvalue weighted by Crippen LogP contribution is 2.26. The van der Waals surface area contributed by atoms with Gasteiger partial charge in [0, 0.05) is 10.9 Å². The Morgan fingerprint density at radius 1 is 1.59 bits per heavy atom. The van der Waals surface area contributed by atoms with E-state index >= 15 is 0 Å². The van der Waals surface area contributed by atoms with E-state index in [9.17, 15) is 4.79 Å². The van der Waals surface area contributed by atoms with Gasteiger partial charge in [-0.1, -0.05) is 40.9 Å². The van der Waals surface area contributed by atoms with Crippen LogP contribution in [0.1, 0.15) is 19.8 Å². The fraction of sp³-hybridized carbons (Fsp3) is 0.417. The van der Waals surface area contributed by atoms with E-state index in [1.54, 1.807) is 12.1 Å². The van der Waals surface area contributed by atoms with Crippen LogP contribution in [0.4, 0.5) is 5.69 Å². The Kier molecular flexibility index (Phi) is 5.95. The summed E-state index contributed by atoms with van der Waals surface area (Å²) in [5, 5.41) is 3.32. The third-order valence-corrected chi connectivity index (χ3v) is 3.41. The summed E-state index contributed by atoms with van der Waals surface area (Å²) < 4.78 is 0.878. The lowest BCUT2D eigenvalue weighted by atomic mass is 10.0. The van der Waals surface area contributed by atoms with Gasteiger partial charge in [0.2, 0.25) is 5.91 Å². The molecular formula is C12H16BrClN2O. The SMILES string of the molecule is CCC(CN)CC(=O)Nc1cc(Br)ccc1Cl. The van der Waals surface area contributed by atoms with Gasteiger partial charge in [0.15, 0.2) is 0 Å². The first kappa shape index (κ1) is 14.5. The second kappa shape index (κ2) is 6.99. The molecule has 0 aromatic heterocycles. The highest BCUT2D eigenvalue weighted by molar-refractivity contribution is 9.10. The second-order valence-electron chi connectivity index (χ2n) is 3.89. The molecule has 3 N–H and O–H groups in total. The Labute approximate surface area is 115 Å². The second-order valence-corrected chi connectivity index (χ2v) is 5.21. The molecule has 5 heteroatoms. The number of carbonyl (C=O) groups is 1. The largest absolute Gasteiger partial charge is 0.330 e. The molecule has 1 unspecified atom stereocenters. The quantitative estimate of drug-likeness (QED) is 0.873. The monoisotopic (exact) mass is 318 g/mol. The molecule has 1 aromatic rings. The molecule has 0 aliphatic heterocycles. The molecule has 0 fully saturated rings. The van der Waals surface area contributed by atoms with Crippen LogP contribution in [-0.4, -0.2) is 12.5 Å². The zero-order valence-electron chi connectivity index (χ0n) is 9.67. The summed E-state index contributed by atoms with van der Waals surface area (Å²) in [5.41, 5.74) is 6.19. The molecule has 0 aliphatic carbocycles. The fourth-order valence-corrected chi connectivity index (χ4v) is 1.98. The molecule has 0 radical (unpaired) electrons. The summed E-state index contributed by atoms with van der Waals surface area (Å²) in [6.45, 7) is 2.55. The molecule has 1 amide bonds. The van der Waals surface area contributed by atoms with Crippen molar-refractivity contribution in [3.63, 3.8) is 0 Å². The van der Waals surface area contributed by atoms with Crippen LogP contribution in [-0.2, 0) is 4.79 Å². The Bertz CT molecular complexity index is 394. The maximum Gasteiger partial charge on any atom is 0.224 e. The third kappa shape index (κ3) is 4.66. The van der Waals surface area contributed by atoms with Crippen LogP contribution in [0, 0.1) is 5.92 Å². The van der Waals surface area contributed by atoms with E-state index in [1.807, 2.05) is 13.0 Å². The van der Waals surface area contributed by atoms with Crippen molar-refractivity contribution in [2.45, 2.75) is 19.8 Å². The number of nitrogens with two attached hydrogens (primary N) is 1. The summed E-state index contributed by atoms with van der Waals surface area (Å²) in [5.74, 6) is 0.170. The Hall–Kier alpha value is -0.580. The average molecular weight is 320 g/mol. The minimum atomic E-state index is -0.0534. The van der Waals surface area contributed by atoms with Crippen molar-refractivity contribution in [1.29, 1.82) is 0 Å². The van der Waals surface area contributed by atoms with Crippen molar-refractivity contribution in [2.75, 3.05) is 11.9 Å². The van der Waals surface area contributed by atoms with Crippen LogP contribution in [0.15, 0.2) is 22.7 Å². The van der Waals surface area contributed by atoms with Crippen LogP contribution in [0.2, 0.25) is 5.02 Å². The van der Waals surface area contributed by atoms with E-state index < -0.39 is 0 Å². The van der Waals surface area contributed by atoms with E-state index in [0.717, 1.165) is 10.9 Å². The first-order valence-electron chi connectivity index (χ1n) is 5.51. The first-order valence-corrected chi connectivity index (χ1v) is 6.68. The van der Waals surface area contributed by atoms with E-state index in [0.29, 0.717) is 23.7 Å². The highest BCUT2D eigenvalue weighted by Gasteiger charge is 2.12. The number of hydrogen-bond donors (Lipinski definition) is 2. The number of anilines is 1. The maximum atomic E-state index is 11.8. The molecule has 1 aromatic carbocycles. The van der Waals surface area contributed by atoms with Crippen molar-refractivity contribution in [1.82, 2.24) is 0 Å². The Balaban J connectivity index is 2.64. The van der Waals surface area contributed by atoms with Crippen LogP contribution in [0.5, 0.6) is 0 Å². The van der Waals surface area contributed by atoms with E-state index in [-0.39, 0.29) is 11.8 Å². The number of carbonyl (C=O) groups excluding carboxylic acids is 1. The van der Waals surface area contributed by atoms with Crippen LogP contribution < -0.4 is 11.1 Å². The topological polar surface area (TPSA) is 55.1 Å². The van der Waals surface area contributed by atoms with Gasteiger partial charge in [-0.15, -0.1) is 0 Å². The summed E-state index contributed by atoms with van der Waals surface area (Å²) in [6.07, 6.45) is 1.33. The molecule has 0 spiro atoms. The molecule has 0 heterocycles. The van der Waals surface area contributed by atoms with Gasteiger partial charge in [0.1, 0.15) is 0 Å². The number of nitrogens with one attached hydrogen (secondary N) is 1. The number of halogens is 2. The van der Waals surface area contributed by atoms with Crippen molar-refractivity contribution in [3.05, 3.63) is 27.7 Å². The van der Waals surface area contributed by atoms with Gasteiger partial charge in [-0.05, 0) is 30.7 Å². The molecule has 0 bridgehead atoms. The zero-order valence-corrected chi connectivity index (χ0v) is 12.0. The van der Waals surface area contributed by atoms with Gasteiger partial charge < -0.3 is 11.1 Å². The molecule has 0 aliphatic rings. The number of rotatable bonds is 5. The predicted octanol–water partition coefficient (Wildman–Crippen LogP) is 3.42. The molecule has 0 saturated carbocycles. The van der Waals surface area contributed by atoms with Crippen LogP contribution in [0.25, 0.3) is 0 Å². The predicted molar refractivity (Wildman–Crippen MR) is 75.2 cm³/mol. The fourth-order valence-electron chi connectivity index (χ4n) is 1.45. The van der Waals surface area contributed by atoms with Crippen molar-refractivity contribution >= 4 is 39.1 Å². The van der Waals surface area contributed by atoms with Crippen LogP contribution >= 0.6 is 27.5 Å². The number of benzene rings is 1. The molecule has 0 saturated heterocycles. The normalized spacial score (nSPS) is 12.2. The lowest BCUT2D eigenvalue weighted by Gasteiger charge is -2.12. The molecule has 94 valence electrons. The van der Waals surface area contributed by atoms with E-state index in [2.05, 4.69) is 21.2 Å². The van der Waals surface area contributed by atoms with Crippen molar-refractivity contribution < 1.29 is 4.79 Å². The maximum absolute atomic E-state index is 11.8. The molecule has 1 atom stereocenters. The number of amides is 1. The van der Waals surface area contributed by atoms with E-state index in [1.165, 1.54) is 0 Å². The summed E-state index contributed by atoms with van der Waals surface area (Å²) in [6, 6.07) is 5.35. The van der Waals surface area contributed by atoms with Crippen molar-refractivity contribution in [3.8, 4) is 0 Å². The lowest BCUT2D eigenvalue weighted by Crippen LogP contribution is -2.21. The molecular weight excluding hydrogens is 304 g/mol. The van der Waals surface area contributed by atoms with Crippen molar-refractivity contribution in [2.24, 2.45) is 11.7 Å². The number of hydrogen-bond acceptors (Lipinski definition) is 2. The minimum absolute atomic E-state index is 0.0534. The lowest BCUT2D eigenvalue weighted by molar-refractivity contribution is -0.117. The summed E-state index contributed by atoms with van der Waals surface area (Å²) in [4.78, 5) is 11.8. The van der Waals surface area contributed by atoms with Gasteiger partial charge in [-0.25, -0.2) is 0 Å². The molecule has 3 nitrogen and oxygen atoms in total. The third-order valence-electron chi connectivity index (χ3n) is 2.59. The Morgan fingerprint density at radius 2 is 2.29 bits per heavy atom. The molecule has 1 rings (SSSR count). The highest BCUT2D eigenvalue weighted by atomic mass is 79.9. The summed E-state index contributed by atoms with van der Waals surface area (Å²) >= 11 is 9.32. The summed E-state index contributed by atoms with van der Waals surface area (Å²) in [7, 11) is 0. The first-order chi connectivity index (χ1) is 8.06. The zero-order chi connectivity index (χ0) is 12.8. The Morgan fingerprint density at radius 3 is 2.88 bits per heavy atom.